The Kier molecular flexibility index (Phi) is 8.34. The molecule has 0 aliphatic rings. The van der Waals surface area contributed by atoms with Crippen LogP contribution in [-0.2, 0) is 22.4 Å². The van der Waals surface area contributed by atoms with Crippen LogP contribution in [0.15, 0.2) is 77.1 Å². The summed E-state index contributed by atoms with van der Waals surface area (Å²) in [6, 6.07) is 21.5. The molecular weight excluding hydrogens is 474 g/mol. The number of thioether (sulfide) groups is 1. The zero-order valence-corrected chi connectivity index (χ0v) is 21.3. The second-order valence-corrected chi connectivity index (χ2v) is 10.1. The summed E-state index contributed by atoms with van der Waals surface area (Å²) in [4.78, 5) is 29.6. The first-order valence-corrected chi connectivity index (χ1v) is 13.3. The van der Waals surface area contributed by atoms with Crippen LogP contribution in [0.3, 0.4) is 0 Å². The highest BCUT2D eigenvalue weighted by atomic mass is 32.2. The van der Waals surface area contributed by atoms with Gasteiger partial charge >= 0.3 is 0 Å². The maximum Gasteiger partial charge on any atom is 0.248 e. The lowest BCUT2D eigenvalue weighted by molar-refractivity contribution is -0.114. The van der Waals surface area contributed by atoms with E-state index in [1.54, 1.807) is 6.08 Å². The molecule has 7 heteroatoms. The van der Waals surface area contributed by atoms with E-state index in [0.717, 1.165) is 49.8 Å². The normalized spacial score (nSPS) is 11.1. The fourth-order valence-corrected chi connectivity index (χ4v) is 5.58. The second-order valence-electron chi connectivity index (χ2n) is 7.89. The second kappa shape index (κ2) is 11.8. The number of nitrogens with one attached hydrogen (secondary N) is 2. The zero-order chi connectivity index (χ0) is 24.6. The van der Waals surface area contributed by atoms with Crippen molar-refractivity contribution in [3.05, 3.63) is 89.5 Å². The lowest BCUT2D eigenvalue weighted by atomic mass is 10.0. The highest BCUT2D eigenvalue weighted by Gasteiger charge is 2.12. The Labute approximate surface area is 213 Å². The number of aryl methyl sites for hydroxylation is 2. The molecule has 4 aromatic rings. The molecular formula is C28H27N3O2S2. The average Bonchev–Trinajstić information content (AvgIpc) is 3.29. The van der Waals surface area contributed by atoms with E-state index in [4.69, 9.17) is 0 Å². The molecule has 0 radical (unpaired) electrons. The maximum atomic E-state index is 12.7. The smallest absolute Gasteiger partial charge is 0.248 e. The van der Waals surface area contributed by atoms with Gasteiger partial charge < -0.3 is 10.6 Å². The van der Waals surface area contributed by atoms with Crippen LogP contribution >= 0.6 is 23.1 Å². The molecule has 0 spiro atoms. The summed E-state index contributed by atoms with van der Waals surface area (Å²) in [7, 11) is 0. The van der Waals surface area contributed by atoms with E-state index in [0.29, 0.717) is 5.69 Å². The summed E-state index contributed by atoms with van der Waals surface area (Å²) >= 11 is 2.94. The Morgan fingerprint density at radius 3 is 2.40 bits per heavy atom. The van der Waals surface area contributed by atoms with Crippen molar-refractivity contribution in [1.29, 1.82) is 0 Å². The van der Waals surface area contributed by atoms with E-state index in [2.05, 4.69) is 41.6 Å². The molecule has 1 aromatic heterocycles. The first-order valence-electron chi connectivity index (χ1n) is 11.5. The van der Waals surface area contributed by atoms with Gasteiger partial charge in [-0.1, -0.05) is 74.1 Å². The number of hydrogen-bond donors (Lipinski definition) is 2. The molecule has 2 amide bonds. The Balaban J connectivity index is 1.37. The quantitative estimate of drug-likeness (QED) is 0.195. The van der Waals surface area contributed by atoms with Crippen molar-refractivity contribution < 1.29 is 9.59 Å². The van der Waals surface area contributed by atoms with Crippen molar-refractivity contribution in [3.8, 4) is 0 Å². The first-order chi connectivity index (χ1) is 17.1. The third-order valence-electron chi connectivity index (χ3n) is 5.45. The highest BCUT2D eigenvalue weighted by molar-refractivity contribution is 8.01. The fourth-order valence-electron chi connectivity index (χ4n) is 3.67. The van der Waals surface area contributed by atoms with Crippen molar-refractivity contribution in [3.63, 3.8) is 0 Å². The number of aromatic nitrogens is 1. The lowest BCUT2D eigenvalue weighted by Gasteiger charge is -2.14. The number of rotatable bonds is 9. The molecule has 4 rings (SSSR count). The molecule has 178 valence electrons. The number of fused-ring (bicyclic) bond motifs is 1. The Bertz CT molecular complexity index is 1340. The number of carbonyl (C=O) groups excluding carboxylic acids is 2. The molecule has 35 heavy (non-hydrogen) atoms. The molecule has 3 aromatic carbocycles. The van der Waals surface area contributed by atoms with Gasteiger partial charge in [0.05, 0.1) is 16.0 Å². The van der Waals surface area contributed by atoms with Gasteiger partial charge in [0.2, 0.25) is 11.8 Å². The van der Waals surface area contributed by atoms with E-state index >= 15 is 0 Å². The van der Waals surface area contributed by atoms with Gasteiger partial charge in [0, 0.05) is 17.5 Å². The summed E-state index contributed by atoms with van der Waals surface area (Å²) in [6.07, 6.45) is 5.04. The SMILES string of the molecule is CCc1cccc(CC)c1NC(=O)CSc1nc2ccc(NC(=O)/C=C/c3ccccc3)cc2s1. The van der Waals surface area contributed by atoms with E-state index in [9.17, 15) is 9.59 Å². The van der Waals surface area contributed by atoms with Crippen LogP contribution in [0.4, 0.5) is 11.4 Å². The third kappa shape index (κ3) is 6.59. The van der Waals surface area contributed by atoms with Gasteiger partial charge in [-0.05, 0) is 53.8 Å². The number of amides is 2. The molecule has 0 saturated heterocycles. The van der Waals surface area contributed by atoms with Crippen molar-refractivity contribution in [1.82, 2.24) is 4.98 Å². The topological polar surface area (TPSA) is 71.1 Å². The van der Waals surface area contributed by atoms with Gasteiger partial charge in [-0.25, -0.2) is 4.98 Å². The summed E-state index contributed by atoms with van der Waals surface area (Å²) in [5.74, 6) is 0.0559. The van der Waals surface area contributed by atoms with Crippen LogP contribution in [0.25, 0.3) is 16.3 Å². The molecule has 0 aliphatic carbocycles. The molecule has 0 unspecified atom stereocenters. The maximum absolute atomic E-state index is 12.7. The molecule has 0 saturated carbocycles. The third-order valence-corrected chi connectivity index (χ3v) is 7.61. The number of anilines is 2. The van der Waals surface area contributed by atoms with Gasteiger partial charge in [-0.2, -0.15) is 0 Å². The monoisotopic (exact) mass is 501 g/mol. The van der Waals surface area contributed by atoms with E-state index < -0.39 is 0 Å². The molecule has 0 atom stereocenters. The minimum Gasteiger partial charge on any atom is -0.325 e. The summed E-state index contributed by atoms with van der Waals surface area (Å²) in [5.41, 5.74) is 5.76. The van der Waals surface area contributed by atoms with Gasteiger partial charge in [-0.15, -0.1) is 11.3 Å². The molecule has 0 fully saturated rings. The first kappa shape index (κ1) is 24.7. The van der Waals surface area contributed by atoms with Crippen molar-refractivity contribution in [2.24, 2.45) is 0 Å². The minimum absolute atomic E-state index is 0.0389. The number of nitrogens with zero attached hydrogens (tertiary/aromatic N) is 1. The Morgan fingerprint density at radius 2 is 1.69 bits per heavy atom. The Hall–Kier alpha value is -3.42. The van der Waals surface area contributed by atoms with Crippen molar-refractivity contribution in [2.75, 3.05) is 16.4 Å². The number of hydrogen-bond acceptors (Lipinski definition) is 5. The predicted octanol–water partition coefficient (Wildman–Crippen LogP) is 6.80. The van der Waals surface area contributed by atoms with Crippen LogP contribution in [-0.4, -0.2) is 22.6 Å². The fraction of sp³-hybridized carbons (Fsp3) is 0.179. The van der Waals surface area contributed by atoms with Gasteiger partial charge in [0.1, 0.15) is 0 Å². The molecule has 1 heterocycles. The Morgan fingerprint density at radius 1 is 0.943 bits per heavy atom. The van der Waals surface area contributed by atoms with Crippen molar-refractivity contribution in [2.45, 2.75) is 31.0 Å². The zero-order valence-electron chi connectivity index (χ0n) is 19.7. The summed E-state index contributed by atoms with van der Waals surface area (Å²) in [6.45, 7) is 4.19. The predicted molar refractivity (Wildman–Crippen MR) is 148 cm³/mol. The average molecular weight is 502 g/mol. The van der Waals surface area contributed by atoms with Crippen LogP contribution < -0.4 is 10.6 Å². The number of carbonyl (C=O) groups is 2. The molecule has 0 bridgehead atoms. The van der Waals surface area contributed by atoms with E-state index in [1.807, 2.05) is 54.6 Å². The van der Waals surface area contributed by atoms with Crippen LogP contribution in [0.5, 0.6) is 0 Å². The van der Waals surface area contributed by atoms with Crippen LogP contribution in [0, 0.1) is 0 Å². The van der Waals surface area contributed by atoms with Gasteiger partial charge in [-0.3, -0.25) is 9.59 Å². The standard InChI is InChI=1S/C28H27N3O2S2/c1-3-20-11-8-12-21(4-2)27(20)31-26(33)18-34-28-30-23-15-14-22(17-24(23)35-28)29-25(32)16-13-19-9-6-5-7-10-19/h5-17H,3-4,18H2,1-2H3,(H,29,32)(H,31,33)/b16-13+. The lowest BCUT2D eigenvalue weighted by Crippen LogP contribution is -2.16. The van der Waals surface area contributed by atoms with Gasteiger partial charge in [0.25, 0.3) is 0 Å². The van der Waals surface area contributed by atoms with Crippen molar-refractivity contribution >= 4 is 62.6 Å². The van der Waals surface area contributed by atoms with Crippen LogP contribution in [0.1, 0.15) is 30.5 Å². The largest absolute Gasteiger partial charge is 0.325 e. The highest BCUT2D eigenvalue weighted by Crippen LogP contribution is 2.31. The van der Waals surface area contributed by atoms with E-state index in [1.165, 1.54) is 29.2 Å². The summed E-state index contributed by atoms with van der Waals surface area (Å²) in [5, 5.41) is 6.00. The number of para-hydroxylation sites is 1. The number of benzene rings is 3. The molecule has 2 N–H and O–H groups in total. The minimum atomic E-state index is -0.192. The molecule has 0 aliphatic heterocycles. The van der Waals surface area contributed by atoms with E-state index in [-0.39, 0.29) is 17.6 Å². The molecule has 5 nitrogen and oxygen atoms in total. The number of thiazole rings is 1. The summed E-state index contributed by atoms with van der Waals surface area (Å²) < 4.78 is 1.78. The van der Waals surface area contributed by atoms with Gasteiger partial charge in [0.15, 0.2) is 4.34 Å². The van der Waals surface area contributed by atoms with Crippen LogP contribution in [0.2, 0.25) is 0 Å².